The maximum atomic E-state index is 13.6. The van der Waals surface area contributed by atoms with Crippen molar-refractivity contribution in [3.8, 4) is 5.75 Å². The first-order valence-corrected chi connectivity index (χ1v) is 12.3. The molecule has 3 aromatic rings. The Morgan fingerprint density at radius 1 is 0.886 bits per heavy atom. The van der Waals surface area contributed by atoms with Gasteiger partial charge in [-0.2, -0.15) is 0 Å². The molecule has 35 heavy (non-hydrogen) atoms. The third kappa shape index (κ3) is 4.78. The van der Waals surface area contributed by atoms with E-state index >= 15 is 0 Å². The molecule has 6 nitrogen and oxygen atoms in total. The van der Waals surface area contributed by atoms with Crippen LogP contribution in [0.15, 0.2) is 60.7 Å². The zero-order chi connectivity index (χ0) is 24.4. The standard InChI is InChI=1S/C29H31N3O3/c1-20-10-11-26(29(34)32-17-12-21-6-3-4-7-24(21)19-32)27(30-20)22-13-15-31(16-14-22)28(33)23-8-5-9-25(18-23)35-2/h3-11,18,22H,12-17,19H2,1-2H3. The summed E-state index contributed by atoms with van der Waals surface area (Å²) in [5.41, 5.74) is 5.67. The van der Waals surface area contributed by atoms with Gasteiger partial charge in [-0.1, -0.05) is 30.3 Å². The zero-order valence-corrected chi connectivity index (χ0v) is 20.4. The number of hydrogen-bond acceptors (Lipinski definition) is 4. The fraction of sp³-hybridized carbons (Fsp3) is 0.345. The molecule has 2 aliphatic heterocycles. The third-order valence-electron chi connectivity index (χ3n) is 7.20. The number of rotatable bonds is 4. The van der Waals surface area contributed by atoms with E-state index in [4.69, 9.17) is 9.72 Å². The molecule has 6 heteroatoms. The van der Waals surface area contributed by atoms with Crippen LogP contribution in [0.25, 0.3) is 0 Å². The van der Waals surface area contributed by atoms with Crippen molar-refractivity contribution in [2.24, 2.45) is 0 Å². The number of aromatic nitrogens is 1. The lowest BCUT2D eigenvalue weighted by Gasteiger charge is -2.34. The Morgan fingerprint density at radius 3 is 2.43 bits per heavy atom. The first-order chi connectivity index (χ1) is 17.0. The molecule has 180 valence electrons. The van der Waals surface area contributed by atoms with Crippen molar-refractivity contribution < 1.29 is 14.3 Å². The number of carbonyl (C=O) groups is 2. The SMILES string of the molecule is COc1cccc(C(=O)N2CCC(c3nc(C)ccc3C(=O)N3CCc4ccccc4C3)CC2)c1. The smallest absolute Gasteiger partial charge is 0.256 e. The second-order valence-electron chi connectivity index (χ2n) is 9.43. The highest BCUT2D eigenvalue weighted by atomic mass is 16.5. The fourth-order valence-corrected chi connectivity index (χ4v) is 5.20. The molecule has 0 atom stereocenters. The molecule has 1 fully saturated rings. The van der Waals surface area contributed by atoms with Crippen LogP contribution in [-0.4, -0.2) is 53.3 Å². The van der Waals surface area contributed by atoms with Gasteiger partial charge < -0.3 is 14.5 Å². The van der Waals surface area contributed by atoms with Gasteiger partial charge in [-0.25, -0.2) is 0 Å². The minimum Gasteiger partial charge on any atom is -0.497 e. The van der Waals surface area contributed by atoms with E-state index in [0.717, 1.165) is 37.2 Å². The number of likely N-dealkylation sites (tertiary alicyclic amines) is 1. The summed E-state index contributed by atoms with van der Waals surface area (Å²) in [6.45, 7) is 4.60. The lowest BCUT2D eigenvalue weighted by molar-refractivity contribution is 0.0699. The van der Waals surface area contributed by atoms with Crippen LogP contribution in [-0.2, 0) is 13.0 Å². The van der Waals surface area contributed by atoms with Crippen molar-refractivity contribution in [1.29, 1.82) is 0 Å². The van der Waals surface area contributed by atoms with Gasteiger partial charge in [0.25, 0.3) is 11.8 Å². The number of hydrogen-bond donors (Lipinski definition) is 0. The summed E-state index contributed by atoms with van der Waals surface area (Å²) in [6, 6.07) is 19.5. The molecule has 0 unspecified atom stereocenters. The molecule has 2 amide bonds. The van der Waals surface area contributed by atoms with Crippen molar-refractivity contribution in [3.05, 3.63) is 94.3 Å². The molecule has 0 spiro atoms. The van der Waals surface area contributed by atoms with Crippen molar-refractivity contribution in [1.82, 2.24) is 14.8 Å². The predicted molar refractivity (Wildman–Crippen MR) is 135 cm³/mol. The minimum atomic E-state index is 0.0165. The lowest BCUT2D eigenvalue weighted by Crippen LogP contribution is -2.39. The Kier molecular flexibility index (Phi) is 6.53. The van der Waals surface area contributed by atoms with Crippen LogP contribution < -0.4 is 4.74 Å². The molecule has 0 bridgehead atoms. The summed E-state index contributed by atoms with van der Waals surface area (Å²) in [6.07, 6.45) is 2.45. The summed E-state index contributed by atoms with van der Waals surface area (Å²) in [7, 11) is 1.60. The highest BCUT2D eigenvalue weighted by molar-refractivity contribution is 5.96. The first-order valence-electron chi connectivity index (χ1n) is 12.3. The van der Waals surface area contributed by atoms with Gasteiger partial charge in [0.2, 0.25) is 0 Å². The molecule has 2 aromatic carbocycles. The number of aryl methyl sites for hydroxylation is 1. The number of pyridine rings is 1. The van der Waals surface area contributed by atoms with E-state index in [-0.39, 0.29) is 17.7 Å². The summed E-state index contributed by atoms with van der Waals surface area (Å²) in [4.78, 5) is 35.3. The number of nitrogens with zero attached hydrogens (tertiary/aromatic N) is 3. The third-order valence-corrected chi connectivity index (χ3v) is 7.20. The molecule has 1 aromatic heterocycles. The zero-order valence-electron chi connectivity index (χ0n) is 20.4. The Balaban J connectivity index is 1.31. The van der Waals surface area contributed by atoms with E-state index in [1.54, 1.807) is 13.2 Å². The van der Waals surface area contributed by atoms with Crippen LogP contribution in [0.3, 0.4) is 0 Å². The van der Waals surface area contributed by atoms with Gasteiger partial charge in [-0.15, -0.1) is 0 Å². The predicted octanol–water partition coefficient (Wildman–Crippen LogP) is 4.62. The summed E-state index contributed by atoms with van der Waals surface area (Å²) in [5, 5.41) is 0. The average Bonchev–Trinajstić information content (AvgIpc) is 2.92. The largest absolute Gasteiger partial charge is 0.497 e. The highest BCUT2D eigenvalue weighted by Gasteiger charge is 2.30. The quantitative estimate of drug-likeness (QED) is 0.560. The van der Waals surface area contributed by atoms with E-state index in [9.17, 15) is 9.59 Å². The molecule has 0 radical (unpaired) electrons. The van der Waals surface area contributed by atoms with E-state index in [0.29, 0.717) is 36.5 Å². The van der Waals surface area contributed by atoms with Gasteiger partial charge in [0.05, 0.1) is 18.4 Å². The molecule has 0 saturated carbocycles. The van der Waals surface area contributed by atoms with Crippen LogP contribution in [0.2, 0.25) is 0 Å². The van der Waals surface area contributed by atoms with Crippen molar-refractivity contribution in [3.63, 3.8) is 0 Å². The van der Waals surface area contributed by atoms with Gasteiger partial charge in [0.1, 0.15) is 5.75 Å². The van der Waals surface area contributed by atoms with Crippen LogP contribution in [0, 0.1) is 6.92 Å². The minimum absolute atomic E-state index is 0.0165. The molecule has 5 rings (SSSR count). The Morgan fingerprint density at radius 2 is 1.66 bits per heavy atom. The molecular formula is C29H31N3O3. The molecular weight excluding hydrogens is 438 g/mol. The van der Waals surface area contributed by atoms with E-state index in [2.05, 4.69) is 18.2 Å². The summed E-state index contributed by atoms with van der Waals surface area (Å²) < 4.78 is 5.27. The van der Waals surface area contributed by atoms with Crippen molar-refractivity contribution >= 4 is 11.8 Å². The first kappa shape index (κ1) is 23.1. The molecule has 2 aliphatic rings. The lowest BCUT2D eigenvalue weighted by atomic mass is 9.89. The number of fused-ring (bicyclic) bond motifs is 1. The molecule has 0 N–H and O–H groups in total. The molecule has 3 heterocycles. The summed E-state index contributed by atoms with van der Waals surface area (Å²) >= 11 is 0. The monoisotopic (exact) mass is 469 g/mol. The van der Waals surface area contributed by atoms with Gasteiger partial charge in [0, 0.05) is 43.4 Å². The van der Waals surface area contributed by atoms with Crippen molar-refractivity contribution in [2.75, 3.05) is 26.7 Å². The molecule has 1 saturated heterocycles. The van der Waals surface area contributed by atoms with E-state index in [1.807, 2.05) is 53.1 Å². The molecule has 0 aliphatic carbocycles. The van der Waals surface area contributed by atoms with Gasteiger partial charge in [0.15, 0.2) is 0 Å². The maximum Gasteiger partial charge on any atom is 0.256 e. The number of piperidine rings is 1. The van der Waals surface area contributed by atoms with Gasteiger partial charge in [-0.05, 0) is 67.6 Å². The topological polar surface area (TPSA) is 62.7 Å². The number of carbonyl (C=O) groups excluding carboxylic acids is 2. The Bertz CT molecular complexity index is 1250. The average molecular weight is 470 g/mol. The van der Waals surface area contributed by atoms with Crippen LogP contribution in [0.1, 0.15) is 62.0 Å². The van der Waals surface area contributed by atoms with E-state index in [1.165, 1.54) is 11.1 Å². The fourth-order valence-electron chi connectivity index (χ4n) is 5.20. The number of amides is 2. The van der Waals surface area contributed by atoms with Gasteiger partial charge >= 0.3 is 0 Å². The number of ether oxygens (including phenoxy) is 1. The Labute approximate surface area is 206 Å². The highest BCUT2D eigenvalue weighted by Crippen LogP contribution is 2.32. The van der Waals surface area contributed by atoms with Crippen LogP contribution >= 0.6 is 0 Å². The number of benzene rings is 2. The second-order valence-corrected chi connectivity index (χ2v) is 9.43. The van der Waals surface area contributed by atoms with E-state index < -0.39 is 0 Å². The van der Waals surface area contributed by atoms with Crippen LogP contribution in [0.4, 0.5) is 0 Å². The normalized spacial score (nSPS) is 16.1. The van der Waals surface area contributed by atoms with Gasteiger partial charge in [-0.3, -0.25) is 14.6 Å². The summed E-state index contributed by atoms with van der Waals surface area (Å²) in [5.74, 6) is 0.901. The van der Waals surface area contributed by atoms with Crippen LogP contribution in [0.5, 0.6) is 5.75 Å². The Hall–Kier alpha value is -3.67. The second kappa shape index (κ2) is 9.90. The van der Waals surface area contributed by atoms with Crippen molar-refractivity contribution in [2.45, 2.75) is 38.6 Å². The number of methoxy groups -OCH3 is 1. The maximum absolute atomic E-state index is 13.6.